The van der Waals surface area contributed by atoms with Gasteiger partial charge in [-0.2, -0.15) is 13.2 Å². The van der Waals surface area contributed by atoms with E-state index >= 15 is 0 Å². The van der Waals surface area contributed by atoms with Gasteiger partial charge in [0.1, 0.15) is 11.3 Å². The van der Waals surface area contributed by atoms with Gasteiger partial charge in [-0.25, -0.2) is 0 Å². The maximum absolute atomic E-state index is 13.6. The average Bonchev–Trinajstić information content (AvgIpc) is 2.89. The van der Waals surface area contributed by atoms with Gasteiger partial charge in [0, 0.05) is 55.9 Å². The lowest BCUT2D eigenvalue weighted by molar-refractivity contribution is -0.137. The van der Waals surface area contributed by atoms with Crippen LogP contribution in [0.2, 0.25) is 0 Å². The minimum absolute atomic E-state index is 0.161. The molecule has 3 aromatic rings. The summed E-state index contributed by atoms with van der Waals surface area (Å²) in [5.41, 5.74) is 2.06. The Morgan fingerprint density at radius 3 is 2.27 bits per heavy atom. The molecule has 1 aromatic heterocycles. The molecule has 1 saturated heterocycles. The molecule has 0 N–H and O–H groups in total. The largest absolute Gasteiger partial charge is 0.497 e. The van der Waals surface area contributed by atoms with Crippen molar-refractivity contribution in [2.24, 2.45) is 0 Å². The zero-order valence-corrected chi connectivity index (χ0v) is 21.1. The van der Waals surface area contributed by atoms with Crippen LogP contribution in [0.25, 0.3) is 0 Å². The van der Waals surface area contributed by atoms with Gasteiger partial charge >= 0.3 is 6.18 Å². The van der Waals surface area contributed by atoms with Crippen molar-refractivity contribution in [3.63, 3.8) is 0 Å². The number of anilines is 1. The van der Waals surface area contributed by atoms with Gasteiger partial charge in [0.2, 0.25) is 0 Å². The molecule has 0 aliphatic carbocycles. The lowest BCUT2D eigenvalue weighted by Crippen LogP contribution is -2.50. The summed E-state index contributed by atoms with van der Waals surface area (Å²) in [4.78, 5) is 30.0. The maximum atomic E-state index is 13.6. The molecular formula is C28H30F3N3O3. The van der Waals surface area contributed by atoms with E-state index in [2.05, 4.69) is 0 Å². The maximum Gasteiger partial charge on any atom is 0.416 e. The van der Waals surface area contributed by atoms with Crippen molar-refractivity contribution in [1.82, 2.24) is 9.47 Å². The molecule has 0 unspecified atom stereocenters. The van der Waals surface area contributed by atoms with Crippen LogP contribution in [-0.4, -0.2) is 48.7 Å². The molecule has 0 saturated carbocycles. The normalized spacial score (nSPS) is 14.1. The monoisotopic (exact) mass is 513 g/mol. The van der Waals surface area contributed by atoms with Crippen LogP contribution in [-0.2, 0) is 19.1 Å². The number of alkyl halides is 3. The van der Waals surface area contributed by atoms with E-state index in [0.717, 1.165) is 29.1 Å². The summed E-state index contributed by atoms with van der Waals surface area (Å²) in [6, 6.07) is 14.3. The van der Waals surface area contributed by atoms with Crippen LogP contribution in [0.3, 0.4) is 0 Å². The molecule has 6 nitrogen and oxygen atoms in total. The first-order valence-electron chi connectivity index (χ1n) is 12.2. The Labute approximate surface area is 213 Å². The number of hydrogen-bond donors (Lipinski definition) is 0. The molecule has 1 fully saturated rings. The molecule has 1 aliphatic heterocycles. The summed E-state index contributed by atoms with van der Waals surface area (Å²) in [6.45, 7) is 5.64. The van der Waals surface area contributed by atoms with E-state index in [-0.39, 0.29) is 16.9 Å². The molecule has 0 bridgehead atoms. The molecular weight excluding hydrogens is 483 g/mol. The zero-order chi connectivity index (χ0) is 26.7. The van der Waals surface area contributed by atoms with E-state index in [9.17, 15) is 22.8 Å². The number of methoxy groups -OCH3 is 1. The number of pyridine rings is 1. The van der Waals surface area contributed by atoms with Gasteiger partial charge in [-0.1, -0.05) is 25.1 Å². The number of carbonyl (C=O) groups excluding carboxylic acids is 1. The van der Waals surface area contributed by atoms with Gasteiger partial charge in [-0.05, 0) is 49.2 Å². The highest BCUT2D eigenvalue weighted by Crippen LogP contribution is 2.32. The fraction of sp³-hybridized carbons (Fsp3) is 0.357. The van der Waals surface area contributed by atoms with E-state index in [4.69, 9.17) is 4.74 Å². The summed E-state index contributed by atoms with van der Waals surface area (Å²) in [5.74, 6) is 0.408. The first kappa shape index (κ1) is 26.3. The molecule has 4 rings (SSSR count). The molecule has 2 aromatic carbocycles. The van der Waals surface area contributed by atoms with Crippen LogP contribution in [0.5, 0.6) is 5.75 Å². The van der Waals surface area contributed by atoms with Crippen molar-refractivity contribution in [2.75, 3.05) is 38.2 Å². The zero-order valence-electron chi connectivity index (χ0n) is 21.1. The number of hydrogen-bond acceptors (Lipinski definition) is 4. The summed E-state index contributed by atoms with van der Waals surface area (Å²) in [5, 5.41) is 0. The highest BCUT2D eigenvalue weighted by molar-refractivity contribution is 5.95. The number of rotatable bonds is 6. The second-order valence-electron chi connectivity index (χ2n) is 9.09. The van der Waals surface area contributed by atoms with Crippen molar-refractivity contribution in [3.05, 3.63) is 92.9 Å². The van der Waals surface area contributed by atoms with Gasteiger partial charge in [-0.3, -0.25) is 9.59 Å². The number of benzene rings is 2. The van der Waals surface area contributed by atoms with Gasteiger partial charge in [0.25, 0.3) is 5.91 Å². The van der Waals surface area contributed by atoms with Crippen molar-refractivity contribution < 1.29 is 22.7 Å². The molecule has 37 heavy (non-hydrogen) atoms. The van der Waals surface area contributed by atoms with E-state index in [1.165, 1.54) is 12.1 Å². The second-order valence-corrected chi connectivity index (χ2v) is 9.09. The lowest BCUT2D eigenvalue weighted by Gasteiger charge is -2.36. The fourth-order valence-corrected chi connectivity index (χ4v) is 4.76. The van der Waals surface area contributed by atoms with E-state index < -0.39 is 11.7 Å². The Kier molecular flexibility index (Phi) is 7.61. The average molecular weight is 514 g/mol. The molecule has 196 valence electrons. The Hall–Kier alpha value is -3.75. The topological polar surface area (TPSA) is 54.8 Å². The number of piperazine rings is 1. The number of halogens is 3. The van der Waals surface area contributed by atoms with Crippen molar-refractivity contribution in [1.29, 1.82) is 0 Å². The quantitative estimate of drug-likeness (QED) is 0.477. The summed E-state index contributed by atoms with van der Waals surface area (Å²) in [7, 11) is 1.60. The Morgan fingerprint density at radius 1 is 1.00 bits per heavy atom. The predicted octanol–water partition coefficient (Wildman–Crippen LogP) is 4.76. The highest BCUT2D eigenvalue weighted by Gasteiger charge is 2.32. The van der Waals surface area contributed by atoms with Crippen molar-refractivity contribution in [3.8, 4) is 5.75 Å². The lowest BCUT2D eigenvalue weighted by atomic mass is 10.1. The van der Waals surface area contributed by atoms with Crippen molar-refractivity contribution in [2.45, 2.75) is 33.0 Å². The van der Waals surface area contributed by atoms with Gasteiger partial charge in [0.05, 0.1) is 12.7 Å². The van der Waals surface area contributed by atoms with Gasteiger partial charge in [-0.15, -0.1) is 0 Å². The SMILES string of the molecule is CCc1c(C(=O)N2CCN(c3cccc(C(F)(F)F)c3)CC2)c(=O)cc(C)n1Cc1ccc(OC)cc1. The fourth-order valence-electron chi connectivity index (χ4n) is 4.76. The summed E-state index contributed by atoms with van der Waals surface area (Å²) < 4.78 is 46.6. The summed E-state index contributed by atoms with van der Waals surface area (Å²) >= 11 is 0. The summed E-state index contributed by atoms with van der Waals surface area (Å²) in [6.07, 6.45) is -3.92. The molecule has 1 aliphatic rings. The van der Waals surface area contributed by atoms with Crippen LogP contribution in [0, 0.1) is 6.92 Å². The molecule has 0 spiro atoms. The van der Waals surface area contributed by atoms with Crippen LogP contribution in [0.4, 0.5) is 18.9 Å². The molecule has 9 heteroatoms. The molecule has 2 heterocycles. The predicted molar refractivity (Wildman–Crippen MR) is 136 cm³/mol. The van der Waals surface area contributed by atoms with Gasteiger partial charge < -0.3 is 19.1 Å². The molecule has 1 amide bonds. The number of amides is 1. The van der Waals surface area contributed by atoms with Crippen LogP contribution in [0.1, 0.15) is 39.8 Å². The number of aromatic nitrogens is 1. The Bertz CT molecular complexity index is 1330. The van der Waals surface area contributed by atoms with E-state index in [1.807, 2.05) is 47.6 Å². The number of carbonyl (C=O) groups is 1. The third kappa shape index (κ3) is 5.65. The third-order valence-corrected chi connectivity index (χ3v) is 6.78. The van der Waals surface area contributed by atoms with E-state index in [0.29, 0.717) is 50.5 Å². The molecule has 0 radical (unpaired) electrons. The van der Waals surface area contributed by atoms with Crippen LogP contribution < -0.4 is 15.1 Å². The third-order valence-electron chi connectivity index (χ3n) is 6.78. The first-order chi connectivity index (χ1) is 17.6. The van der Waals surface area contributed by atoms with Crippen LogP contribution in [0.15, 0.2) is 59.4 Å². The Balaban J connectivity index is 1.55. The smallest absolute Gasteiger partial charge is 0.416 e. The minimum atomic E-state index is -4.42. The number of ether oxygens (including phenoxy) is 1. The van der Waals surface area contributed by atoms with Crippen LogP contribution >= 0.6 is 0 Å². The van der Waals surface area contributed by atoms with Gasteiger partial charge in [0.15, 0.2) is 5.43 Å². The van der Waals surface area contributed by atoms with Crippen molar-refractivity contribution >= 4 is 11.6 Å². The minimum Gasteiger partial charge on any atom is -0.497 e. The highest BCUT2D eigenvalue weighted by atomic mass is 19.4. The number of aryl methyl sites for hydroxylation is 1. The molecule has 0 atom stereocenters. The standard InChI is InChI=1S/C28H30F3N3O3/c1-4-24-26(25(35)16-19(2)34(24)18-20-8-10-23(37-3)11-9-20)27(36)33-14-12-32(13-15-33)22-7-5-6-21(17-22)28(29,30)31/h5-11,16-17H,4,12-15,18H2,1-3H3. The Morgan fingerprint density at radius 2 is 1.68 bits per heavy atom. The number of nitrogens with zero attached hydrogens (tertiary/aromatic N) is 3. The first-order valence-corrected chi connectivity index (χ1v) is 12.2. The van der Waals surface area contributed by atoms with E-state index in [1.54, 1.807) is 18.1 Å². The second kappa shape index (κ2) is 10.7.